The lowest BCUT2D eigenvalue weighted by Gasteiger charge is -2.06. The van der Waals surface area contributed by atoms with E-state index in [1.54, 1.807) is 0 Å². The third kappa shape index (κ3) is 2.17. The van der Waals surface area contributed by atoms with E-state index >= 15 is 0 Å². The molecule has 0 aliphatic carbocycles. The molecule has 1 heterocycles. The lowest BCUT2D eigenvalue weighted by Crippen LogP contribution is -2.24. The van der Waals surface area contributed by atoms with Crippen molar-refractivity contribution in [1.29, 1.82) is 0 Å². The van der Waals surface area contributed by atoms with E-state index in [4.69, 9.17) is 5.21 Å². The summed E-state index contributed by atoms with van der Waals surface area (Å²) in [4.78, 5) is 3.41. The molecule has 0 aliphatic rings. The first kappa shape index (κ1) is 9.50. The van der Waals surface area contributed by atoms with Gasteiger partial charge in [0.15, 0.2) is 0 Å². The SMILES string of the molecule is O/N=C(\c1ccccn1)C(F)(F)F. The smallest absolute Gasteiger partial charge is 0.410 e. The van der Waals surface area contributed by atoms with Gasteiger partial charge in [0, 0.05) is 6.20 Å². The molecule has 0 radical (unpaired) electrons. The van der Waals surface area contributed by atoms with Crippen LogP contribution in [0.25, 0.3) is 0 Å². The van der Waals surface area contributed by atoms with E-state index in [-0.39, 0.29) is 0 Å². The number of alkyl halides is 3. The fourth-order valence-electron chi connectivity index (χ4n) is 0.756. The van der Waals surface area contributed by atoms with E-state index in [1.807, 2.05) is 0 Å². The Hall–Kier alpha value is -1.59. The molecule has 0 fully saturated rings. The van der Waals surface area contributed by atoms with E-state index in [2.05, 4.69) is 10.1 Å². The third-order valence-corrected chi connectivity index (χ3v) is 1.28. The van der Waals surface area contributed by atoms with Crippen LogP contribution in [-0.4, -0.2) is 22.1 Å². The number of nitrogens with zero attached hydrogens (tertiary/aromatic N) is 2. The molecule has 0 atom stereocenters. The van der Waals surface area contributed by atoms with Crippen LogP contribution in [0.3, 0.4) is 0 Å². The molecule has 0 saturated carbocycles. The molecular weight excluding hydrogens is 185 g/mol. The van der Waals surface area contributed by atoms with Crippen LogP contribution in [0.5, 0.6) is 0 Å². The monoisotopic (exact) mass is 190 g/mol. The van der Waals surface area contributed by atoms with Gasteiger partial charge in [-0.1, -0.05) is 11.2 Å². The number of oxime groups is 1. The number of hydrogen-bond donors (Lipinski definition) is 1. The van der Waals surface area contributed by atoms with Gasteiger partial charge in [0.25, 0.3) is 0 Å². The Morgan fingerprint density at radius 3 is 2.46 bits per heavy atom. The molecule has 70 valence electrons. The van der Waals surface area contributed by atoms with E-state index in [1.165, 1.54) is 18.3 Å². The highest BCUT2D eigenvalue weighted by Gasteiger charge is 2.38. The van der Waals surface area contributed by atoms with Gasteiger partial charge in [0.05, 0.1) is 5.69 Å². The van der Waals surface area contributed by atoms with Crippen LogP contribution in [0.15, 0.2) is 29.6 Å². The zero-order chi connectivity index (χ0) is 9.90. The van der Waals surface area contributed by atoms with Crippen molar-refractivity contribution in [3.63, 3.8) is 0 Å². The van der Waals surface area contributed by atoms with Gasteiger partial charge >= 0.3 is 6.18 Å². The van der Waals surface area contributed by atoms with E-state index in [9.17, 15) is 13.2 Å². The zero-order valence-electron chi connectivity index (χ0n) is 6.28. The van der Waals surface area contributed by atoms with Crippen molar-refractivity contribution >= 4 is 5.71 Å². The molecule has 1 N–H and O–H groups in total. The number of rotatable bonds is 1. The molecule has 0 bridgehead atoms. The average Bonchev–Trinajstić information content (AvgIpc) is 2.05. The van der Waals surface area contributed by atoms with Crippen molar-refractivity contribution in [2.24, 2.45) is 5.16 Å². The summed E-state index contributed by atoms with van der Waals surface area (Å²) < 4.78 is 36.2. The van der Waals surface area contributed by atoms with Crippen LogP contribution in [-0.2, 0) is 0 Å². The third-order valence-electron chi connectivity index (χ3n) is 1.28. The molecule has 1 aromatic heterocycles. The molecule has 0 aromatic carbocycles. The number of hydrogen-bond acceptors (Lipinski definition) is 3. The number of aromatic nitrogens is 1. The summed E-state index contributed by atoms with van der Waals surface area (Å²) in [5.74, 6) is 0. The van der Waals surface area contributed by atoms with Gasteiger partial charge in [-0.25, -0.2) is 0 Å². The Morgan fingerprint density at radius 2 is 2.08 bits per heavy atom. The lowest BCUT2D eigenvalue weighted by molar-refractivity contribution is -0.0602. The Bertz CT molecular complexity index is 307. The molecule has 1 rings (SSSR count). The minimum absolute atomic E-state index is 0.405. The fraction of sp³-hybridized carbons (Fsp3) is 0.143. The molecule has 13 heavy (non-hydrogen) atoms. The Kier molecular flexibility index (Phi) is 2.50. The molecular formula is C7H5F3N2O. The molecule has 0 aliphatic heterocycles. The summed E-state index contributed by atoms with van der Waals surface area (Å²) in [7, 11) is 0. The van der Waals surface area contributed by atoms with E-state index in [0.717, 1.165) is 6.07 Å². The minimum atomic E-state index is -4.69. The molecule has 0 saturated heterocycles. The molecule has 0 amide bonds. The topological polar surface area (TPSA) is 45.5 Å². The zero-order valence-corrected chi connectivity index (χ0v) is 6.28. The second-order valence-corrected chi connectivity index (χ2v) is 2.16. The molecule has 1 aromatic rings. The Labute approximate surface area is 71.5 Å². The minimum Gasteiger partial charge on any atom is -0.410 e. The highest BCUT2D eigenvalue weighted by Crippen LogP contribution is 2.20. The molecule has 6 heteroatoms. The summed E-state index contributed by atoms with van der Waals surface area (Å²) >= 11 is 0. The summed E-state index contributed by atoms with van der Waals surface area (Å²) in [6.45, 7) is 0. The summed E-state index contributed by atoms with van der Waals surface area (Å²) in [5, 5.41) is 10.3. The first-order valence-electron chi connectivity index (χ1n) is 3.26. The van der Waals surface area contributed by atoms with Crippen LogP contribution in [0.4, 0.5) is 13.2 Å². The van der Waals surface area contributed by atoms with Crippen molar-refractivity contribution in [1.82, 2.24) is 4.98 Å². The van der Waals surface area contributed by atoms with Crippen molar-refractivity contribution in [3.8, 4) is 0 Å². The van der Waals surface area contributed by atoms with Crippen LogP contribution < -0.4 is 0 Å². The molecule has 0 spiro atoms. The van der Waals surface area contributed by atoms with Gasteiger partial charge in [0.2, 0.25) is 5.71 Å². The quantitative estimate of drug-likeness (QED) is 0.417. The number of halogens is 3. The fourth-order valence-corrected chi connectivity index (χ4v) is 0.756. The van der Waals surface area contributed by atoms with Gasteiger partial charge < -0.3 is 5.21 Å². The first-order valence-corrected chi connectivity index (χ1v) is 3.26. The second kappa shape index (κ2) is 3.42. The van der Waals surface area contributed by atoms with Crippen molar-refractivity contribution < 1.29 is 18.4 Å². The Balaban J connectivity index is 3.08. The summed E-state index contributed by atoms with van der Waals surface area (Å²) in [5.41, 5.74) is -1.80. The van der Waals surface area contributed by atoms with Crippen LogP contribution in [0, 0.1) is 0 Å². The Morgan fingerprint density at radius 1 is 1.38 bits per heavy atom. The highest BCUT2D eigenvalue weighted by atomic mass is 19.4. The first-order chi connectivity index (χ1) is 6.05. The maximum absolute atomic E-state index is 12.1. The van der Waals surface area contributed by atoms with Gasteiger partial charge in [-0.05, 0) is 12.1 Å². The largest absolute Gasteiger partial charge is 0.438 e. The predicted octanol–water partition coefficient (Wildman–Crippen LogP) is 1.82. The second-order valence-electron chi connectivity index (χ2n) is 2.16. The van der Waals surface area contributed by atoms with Crippen molar-refractivity contribution in [2.75, 3.05) is 0 Å². The highest BCUT2D eigenvalue weighted by molar-refractivity contribution is 6.02. The van der Waals surface area contributed by atoms with Gasteiger partial charge in [-0.3, -0.25) is 4.98 Å². The van der Waals surface area contributed by atoms with Crippen LogP contribution in [0.2, 0.25) is 0 Å². The average molecular weight is 190 g/mol. The summed E-state index contributed by atoms with van der Waals surface area (Å²) in [6, 6.07) is 3.96. The van der Waals surface area contributed by atoms with Crippen molar-refractivity contribution in [3.05, 3.63) is 30.1 Å². The van der Waals surface area contributed by atoms with Gasteiger partial charge in [-0.15, -0.1) is 0 Å². The van der Waals surface area contributed by atoms with Gasteiger partial charge in [-0.2, -0.15) is 13.2 Å². The van der Waals surface area contributed by atoms with E-state index in [0.29, 0.717) is 0 Å². The maximum Gasteiger partial charge on any atom is 0.438 e. The van der Waals surface area contributed by atoms with E-state index < -0.39 is 17.6 Å². The van der Waals surface area contributed by atoms with Crippen LogP contribution >= 0.6 is 0 Å². The molecule has 3 nitrogen and oxygen atoms in total. The predicted molar refractivity (Wildman–Crippen MR) is 38.6 cm³/mol. The maximum atomic E-state index is 12.1. The number of pyridine rings is 1. The lowest BCUT2D eigenvalue weighted by atomic mass is 10.2. The standard InChI is InChI=1S/C7H5F3N2O/c8-7(9,10)6(12-13)5-3-1-2-4-11-5/h1-4,13H/b12-6+. The van der Waals surface area contributed by atoms with Crippen molar-refractivity contribution in [2.45, 2.75) is 6.18 Å². The molecule has 0 unspecified atom stereocenters. The summed E-state index contributed by atoms with van der Waals surface area (Å²) in [6.07, 6.45) is -3.50. The van der Waals surface area contributed by atoms with Gasteiger partial charge in [0.1, 0.15) is 0 Å². The normalized spacial score (nSPS) is 13.0. The van der Waals surface area contributed by atoms with Crippen LogP contribution in [0.1, 0.15) is 5.69 Å².